The molecule has 21 heavy (non-hydrogen) atoms. The number of hydroxylamine groups is 1. The predicted octanol–water partition coefficient (Wildman–Crippen LogP) is 3.39. The molecule has 2 aromatic rings. The number of fused-ring (bicyclic) bond motifs is 1. The molecule has 2 heterocycles. The molecule has 0 aliphatic carbocycles. The normalized spacial score (nSPS) is 18.0. The van der Waals surface area contributed by atoms with Crippen LogP contribution in [-0.2, 0) is 11.3 Å². The third-order valence-corrected chi connectivity index (χ3v) is 5.54. The first-order valence-electron chi connectivity index (χ1n) is 6.79. The van der Waals surface area contributed by atoms with Crippen molar-refractivity contribution in [2.45, 2.75) is 19.4 Å². The van der Waals surface area contributed by atoms with Crippen molar-refractivity contribution in [3.05, 3.63) is 41.0 Å². The first-order valence-corrected chi connectivity index (χ1v) is 8.59. The highest BCUT2D eigenvalue weighted by atomic mass is 32.2. The van der Waals surface area contributed by atoms with E-state index in [0.717, 1.165) is 33.4 Å². The van der Waals surface area contributed by atoms with Gasteiger partial charge in [-0.25, -0.2) is 4.98 Å². The number of hydrogen-bond acceptors (Lipinski definition) is 6. The van der Waals surface area contributed by atoms with E-state index in [9.17, 15) is 0 Å². The third kappa shape index (κ3) is 2.97. The maximum Gasteiger partial charge on any atom is 0.149 e. The summed E-state index contributed by atoms with van der Waals surface area (Å²) < 4.78 is 1.23. The fraction of sp³-hybridized carbons (Fsp3) is 0.333. The fourth-order valence-corrected chi connectivity index (χ4v) is 4.33. The van der Waals surface area contributed by atoms with Gasteiger partial charge in [0.1, 0.15) is 16.1 Å². The molecule has 3 rings (SSSR count). The lowest BCUT2D eigenvalue weighted by Crippen LogP contribution is -2.21. The molecule has 0 fully saturated rings. The maximum absolute atomic E-state index is 4.89. The summed E-state index contributed by atoms with van der Waals surface area (Å²) in [6.07, 6.45) is 1.05. The Bertz CT molecular complexity index is 708. The van der Waals surface area contributed by atoms with Gasteiger partial charge in [-0.05, 0) is 24.1 Å². The van der Waals surface area contributed by atoms with Gasteiger partial charge in [-0.3, -0.25) is 15.3 Å². The molecule has 1 aromatic carbocycles. The summed E-state index contributed by atoms with van der Waals surface area (Å²) in [7, 11) is 1.58. The number of hydrogen-bond donors (Lipinski definition) is 1. The first-order chi connectivity index (χ1) is 10.2. The van der Waals surface area contributed by atoms with Crippen molar-refractivity contribution in [2.24, 2.45) is 4.99 Å². The first kappa shape index (κ1) is 14.6. The van der Waals surface area contributed by atoms with Crippen LogP contribution in [0.1, 0.15) is 17.5 Å². The highest BCUT2D eigenvalue weighted by Gasteiger charge is 2.24. The summed E-state index contributed by atoms with van der Waals surface area (Å²) in [6, 6.07) is 6.50. The maximum atomic E-state index is 4.89. The van der Waals surface area contributed by atoms with Gasteiger partial charge in [0.25, 0.3) is 0 Å². The minimum absolute atomic E-state index is 0.0446. The monoisotopic (exact) mass is 319 g/mol. The quantitative estimate of drug-likeness (QED) is 0.858. The second-order valence-electron chi connectivity index (χ2n) is 4.77. The van der Waals surface area contributed by atoms with E-state index in [1.54, 1.807) is 30.2 Å². The number of aromatic nitrogens is 1. The standard InChI is InChI=1S/C15H17N3OS2/c1-4-10-5-6-11-13(7-10)21-15(16-11)14-17-12(8-20-14)9(2)18-19-3/h5-7,12,18H,2,4,8H2,1,3H3. The molecule has 0 saturated carbocycles. The Labute approximate surface area is 132 Å². The van der Waals surface area contributed by atoms with Crippen molar-refractivity contribution in [1.82, 2.24) is 10.5 Å². The van der Waals surface area contributed by atoms with Crippen molar-refractivity contribution >= 4 is 38.4 Å². The van der Waals surface area contributed by atoms with Gasteiger partial charge < -0.3 is 0 Å². The molecular weight excluding hydrogens is 302 g/mol. The van der Waals surface area contributed by atoms with Crippen molar-refractivity contribution in [1.29, 1.82) is 0 Å². The molecule has 1 atom stereocenters. The van der Waals surface area contributed by atoms with E-state index in [4.69, 9.17) is 14.8 Å². The number of thioether (sulfide) groups is 1. The van der Waals surface area contributed by atoms with E-state index in [-0.39, 0.29) is 6.04 Å². The second kappa shape index (κ2) is 6.17. The second-order valence-corrected chi connectivity index (χ2v) is 6.81. The summed E-state index contributed by atoms with van der Waals surface area (Å²) in [6.45, 7) is 6.11. The number of benzene rings is 1. The number of thiazole rings is 1. The van der Waals surface area contributed by atoms with Crippen molar-refractivity contribution < 1.29 is 4.84 Å². The molecule has 1 aliphatic heterocycles. The average molecular weight is 319 g/mol. The summed E-state index contributed by atoms with van der Waals surface area (Å²) in [5.74, 6) is 0.876. The van der Waals surface area contributed by atoms with Crippen LogP contribution >= 0.6 is 23.1 Å². The molecule has 0 radical (unpaired) electrons. The molecule has 0 saturated heterocycles. The van der Waals surface area contributed by atoms with Crippen molar-refractivity contribution in [2.75, 3.05) is 12.9 Å². The molecule has 0 spiro atoms. The average Bonchev–Trinajstić information content (AvgIpc) is 3.13. The highest BCUT2D eigenvalue weighted by Crippen LogP contribution is 2.31. The van der Waals surface area contributed by atoms with Crippen LogP contribution in [0.2, 0.25) is 0 Å². The van der Waals surface area contributed by atoms with Gasteiger partial charge >= 0.3 is 0 Å². The largest absolute Gasteiger partial charge is 0.280 e. The number of nitrogens with zero attached hydrogens (tertiary/aromatic N) is 2. The summed E-state index contributed by atoms with van der Waals surface area (Å²) in [5.41, 5.74) is 5.95. The molecule has 1 N–H and O–H groups in total. The van der Waals surface area contributed by atoms with Crippen LogP contribution < -0.4 is 5.48 Å². The molecule has 1 aromatic heterocycles. The van der Waals surface area contributed by atoms with Gasteiger partial charge in [-0.2, -0.15) is 0 Å². The minimum Gasteiger partial charge on any atom is -0.280 e. The Hall–Kier alpha value is -1.37. The summed E-state index contributed by atoms with van der Waals surface area (Å²) in [5, 5.41) is 1.99. The topological polar surface area (TPSA) is 46.5 Å². The minimum atomic E-state index is 0.0446. The van der Waals surface area contributed by atoms with Gasteiger partial charge in [0.05, 0.1) is 23.0 Å². The zero-order chi connectivity index (χ0) is 14.8. The van der Waals surface area contributed by atoms with Gasteiger partial charge in [0, 0.05) is 5.75 Å². The number of aryl methyl sites for hydroxylation is 1. The summed E-state index contributed by atoms with van der Waals surface area (Å²) in [4.78, 5) is 14.3. The van der Waals surface area contributed by atoms with Gasteiger partial charge in [0.2, 0.25) is 0 Å². The smallest absolute Gasteiger partial charge is 0.149 e. The lowest BCUT2D eigenvalue weighted by Gasteiger charge is -2.09. The Balaban J connectivity index is 1.87. The highest BCUT2D eigenvalue weighted by molar-refractivity contribution is 8.15. The molecule has 4 nitrogen and oxygen atoms in total. The Morgan fingerprint density at radius 1 is 1.52 bits per heavy atom. The van der Waals surface area contributed by atoms with Crippen LogP contribution in [0.25, 0.3) is 10.2 Å². The van der Waals surface area contributed by atoms with E-state index >= 15 is 0 Å². The van der Waals surface area contributed by atoms with Crippen molar-refractivity contribution in [3.63, 3.8) is 0 Å². The molecule has 6 heteroatoms. The fourth-order valence-electron chi connectivity index (χ4n) is 2.15. The summed E-state index contributed by atoms with van der Waals surface area (Å²) >= 11 is 3.43. The van der Waals surface area contributed by atoms with Crippen LogP contribution in [0, 0.1) is 0 Å². The molecule has 110 valence electrons. The van der Waals surface area contributed by atoms with E-state index in [0.29, 0.717) is 0 Å². The molecule has 1 unspecified atom stereocenters. The van der Waals surface area contributed by atoms with Crippen LogP contribution in [0.4, 0.5) is 0 Å². The van der Waals surface area contributed by atoms with Crippen molar-refractivity contribution in [3.8, 4) is 0 Å². The van der Waals surface area contributed by atoms with E-state index in [1.165, 1.54) is 10.3 Å². The van der Waals surface area contributed by atoms with Crippen LogP contribution in [0.15, 0.2) is 35.5 Å². The van der Waals surface area contributed by atoms with Gasteiger partial charge in [-0.15, -0.1) is 23.1 Å². The number of nitrogens with one attached hydrogen (secondary N) is 1. The Morgan fingerprint density at radius 2 is 2.38 bits per heavy atom. The third-order valence-electron chi connectivity index (χ3n) is 3.33. The van der Waals surface area contributed by atoms with E-state index in [2.05, 4.69) is 37.2 Å². The molecule has 0 bridgehead atoms. The van der Waals surface area contributed by atoms with Crippen LogP contribution in [0.3, 0.4) is 0 Å². The van der Waals surface area contributed by atoms with Gasteiger partial charge in [0.15, 0.2) is 0 Å². The zero-order valence-corrected chi connectivity index (χ0v) is 13.7. The lowest BCUT2D eigenvalue weighted by molar-refractivity contribution is 0.114. The van der Waals surface area contributed by atoms with E-state index < -0.39 is 0 Å². The van der Waals surface area contributed by atoms with Crippen LogP contribution in [-0.4, -0.2) is 28.9 Å². The molecular formula is C15H17N3OS2. The number of rotatable bonds is 5. The Morgan fingerprint density at radius 3 is 3.14 bits per heavy atom. The lowest BCUT2D eigenvalue weighted by atomic mass is 10.2. The van der Waals surface area contributed by atoms with Crippen LogP contribution in [0.5, 0.6) is 0 Å². The van der Waals surface area contributed by atoms with E-state index in [1.807, 2.05) is 0 Å². The number of aliphatic imine (C=N–C) groups is 1. The Kier molecular flexibility index (Phi) is 4.28. The van der Waals surface area contributed by atoms with Gasteiger partial charge in [-0.1, -0.05) is 19.6 Å². The molecule has 1 aliphatic rings. The SMILES string of the molecule is C=C(NOC)C1CSC(c2nc3ccc(CC)cc3s2)=N1. The predicted molar refractivity (Wildman–Crippen MR) is 91.1 cm³/mol. The molecule has 0 amide bonds. The zero-order valence-electron chi connectivity index (χ0n) is 12.0.